The van der Waals surface area contributed by atoms with E-state index in [1.54, 1.807) is 47.3 Å². The summed E-state index contributed by atoms with van der Waals surface area (Å²) in [4.78, 5) is 25.6. The van der Waals surface area contributed by atoms with Crippen LogP contribution in [0.4, 0.5) is 11.4 Å². The number of nitrogens with one attached hydrogen (secondary N) is 2. The molecule has 4 rings (SSSR count). The number of carbonyl (C=O) groups is 2. The Balaban J connectivity index is 1.42. The van der Waals surface area contributed by atoms with Gasteiger partial charge in [0.15, 0.2) is 5.69 Å². The fourth-order valence-corrected chi connectivity index (χ4v) is 3.40. The van der Waals surface area contributed by atoms with Crippen molar-refractivity contribution in [2.24, 2.45) is 0 Å². The van der Waals surface area contributed by atoms with Crippen LogP contribution in [0.1, 0.15) is 33.3 Å². The molecule has 0 aliphatic carbocycles. The molecule has 34 heavy (non-hydrogen) atoms. The van der Waals surface area contributed by atoms with E-state index in [9.17, 15) is 9.59 Å². The van der Waals surface area contributed by atoms with Crippen LogP contribution in [-0.2, 0) is 13.2 Å². The lowest BCUT2D eigenvalue weighted by Crippen LogP contribution is -2.18. The van der Waals surface area contributed by atoms with Crippen LogP contribution in [-0.4, -0.2) is 21.6 Å². The van der Waals surface area contributed by atoms with E-state index in [1.807, 2.05) is 49.4 Å². The van der Waals surface area contributed by atoms with Gasteiger partial charge in [-0.15, -0.1) is 0 Å². The summed E-state index contributed by atoms with van der Waals surface area (Å²) in [6.45, 7) is 2.81. The lowest BCUT2D eigenvalue weighted by atomic mass is 10.1. The van der Waals surface area contributed by atoms with E-state index in [1.165, 1.54) is 0 Å². The maximum absolute atomic E-state index is 12.8. The van der Waals surface area contributed by atoms with Gasteiger partial charge in [0.05, 0.1) is 5.69 Å². The second-order valence-electron chi connectivity index (χ2n) is 7.46. The maximum Gasteiger partial charge on any atom is 0.278 e. The fraction of sp³-hybridized carbons (Fsp3) is 0.115. The van der Waals surface area contributed by atoms with Gasteiger partial charge in [0.25, 0.3) is 11.8 Å². The number of nitrogens with zero attached hydrogens (tertiary/aromatic N) is 2. The molecule has 2 N–H and O–H groups in total. The number of rotatable bonds is 8. The van der Waals surface area contributed by atoms with Crippen LogP contribution < -0.4 is 15.4 Å². The van der Waals surface area contributed by atoms with Gasteiger partial charge in [0, 0.05) is 29.0 Å². The van der Waals surface area contributed by atoms with E-state index in [0.29, 0.717) is 40.9 Å². The smallest absolute Gasteiger partial charge is 0.278 e. The number of aryl methyl sites for hydroxylation is 1. The molecule has 7 nitrogen and oxygen atoms in total. The molecule has 3 aromatic carbocycles. The zero-order valence-electron chi connectivity index (χ0n) is 18.5. The van der Waals surface area contributed by atoms with Gasteiger partial charge in [-0.05, 0) is 55.0 Å². The third kappa shape index (κ3) is 5.82. The summed E-state index contributed by atoms with van der Waals surface area (Å²) in [6, 6.07) is 23.3. The number of amides is 2. The highest BCUT2D eigenvalue weighted by atomic mass is 35.5. The average molecular weight is 475 g/mol. The summed E-state index contributed by atoms with van der Waals surface area (Å²) in [7, 11) is 0. The zero-order chi connectivity index (χ0) is 23.9. The molecule has 8 heteroatoms. The van der Waals surface area contributed by atoms with Gasteiger partial charge >= 0.3 is 0 Å². The van der Waals surface area contributed by atoms with Crippen LogP contribution in [0.3, 0.4) is 0 Å². The Kier molecular flexibility index (Phi) is 7.25. The van der Waals surface area contributed by atoms with Crippen LogP contribution in [0.15, 0.2) is 85.1 Å². The molecule has 0 aliphatic heterocycles. The van der Waals surface area contributed by atoms with Crippen molar-refractivity contribution in [3.05, 3.63) is 107 Å². The van der Waals surface area contributed by atoms with Crippen LogP contribution in [0, 0.1) is 0 Å². The monoisotopic (exact) mass is 474 g/mol. The van der Waals surface area contributed by atoms with Gasteiger partial charge in [-0.25, -0.2) is 0 Å². The molecule has 0 unspecified atom stereocenters. The predicted octanol–water partition coefficient (Wildman–Crippen LogP) is 5.64. The van der Waals surface area contributed by atoms with Gasteiger partial charge < -0.3 is 15.4 Å². The molecule has 1 heterocycles. The molecule has 172 valence electrons. The van der Waals surface area contributed by atoms with Gasteiger partial charge in [0.1, 0.15) is 12.4 Å². The molecule has 0 saturated carbocycles. The first-order valence-corrected chi connectivity index (χ1v) is 11.1. The average Bonchev–Trinajstić information content (AvgIpc) is 3.27. The first-order chi connectivity index (χ1) is 16.5. The standard InChI is InChI=1S/C26H23ClN4O3/c1-2-31-16-23(24(30-31)26(33)28-21-8-4-3-5-9-21)29-25(32)19-13-11-18(12-14-19)17-34-22-10-6-7-20(27)15-22/h3-16H,2,17H2,1H3,(H,28,33)(H,29,32). The van der Waals surface area contributed by atoms with Crippen molar-refractivity contribution in [1.82, 2.24) is 9.78 Å². The minimum absolute atomic E-state index is 0.144. The summed E-state index contributed by atoms with van der Waals surface area (Å²) in [5.74, 6) is -0.0718. The molecule has 0 saturated heterocycles. The van der Waals surface area contributed by atoms with Gasteiger partial charge in [0.2, 0.25) is 0 Å². The summed E-state index contributed by atoms with van der Waals surface area (Å²) in [5.41, 5.74) is 2.48. The quantitative estimate of drug-likeness (QED) is 0.346. The van der Waals surface area contributed by atoms with E-state index in [-0.39, 0.29) is 11.6 Å². The van der Waals surface area contributed by atoms with Gasteiger partial charge in [-0.2, -0.15) is 5.10 Å². The maximum atomic E-state index is 12.8. The minimum Gasteiger partial charge on any atom is -0.489 e. The molecular formula is C26H23ClN4O3. The van der Waals surface area contributed by atoms with Crippen molar-refractivity contribution >= 4 is 34.8 Å². The molecule has 0 aliphatic rings. The Morgan fingerprint density at radius 3 is 2.41 bits per heavy atom. The molecule has 1 aromatic heterocycles. The number of hydrogen-bond acceptors (Lipinski definition) is 4. The first kappa shape index (κ1) is 23.1. The lowest BCUT2D eigenvalue weighted by Gasteiger charge is -2.09. The Labute approximate surface area is 202 Å². The third-order valence-electron chi connectivity index (χ3n) is 5.00. The molecule has 0 bridgehead atoms. The van der Waals surface area contributed by atoms with Crippen LogP contribution in [0.2, 0.25) is 5.02 Å². The number of aromatic nitrogens is 2. The van der Waals surface area contributed by atoms with E-state index in [0.717, 1.165) is 5.56 Å². The summed E-state index contributed by atoms with van der Waals surface area (Å²) in [6.07, 6.45) is 1.64. The normalized spacial score (nSPS) is 10.5. The number of anilines is 2. The zero-order valence-corrected chi connectivity index (χ0v) is 19.3. The highest BCUT2D eigenvalue weighted by molar-refractivity contribution is 6.30. The Morgan fingerprint density at radius 1 is 0.941 bits per heavy atom. The van der Waals surface area contributed by atoms with E-state index >= 15 is 0 Å². The minimum atomic E-state index is -0.401. The second kappa shape index (κ2) is 10.7. The second-order valence-corrected chi connectivity index (χ2v) is 7.90. The number of halogens is 1. The molecular weight excluding hydrogens is 452 g/mol. The van der Waals surface area contributed by atoms with E-state index < -0.39 is 5.91 Å². The van der Waals surface area contributed by atoms with Crippen molar-refractivity contribution < 1.29 is 14.3 Å². The van der Waals surface area contributed by atoms with Crippen molar-refractivity contribution in [1.29, 1.82) is 0 Å². The van der Waals surface area contributed by atoms with Gasteiger partial charge in [-0.1, -0.05) is 48.0 Å². The van der Waals surface area contributed by atoms with Crippen LogP contribution in [0.5, 0.6) is 5.75 Å². The van der Waals surface area contributed by atoms with Gasteiger partial charge in [-0.3, -0.25) is 14.3 Å². The van der Waals surface area contributed by atoms with Crippen molar-refractivity contribution in [2.45, 2.75) is 20.1 Å². The van der Waals surface area contributed by atoms with Crippen LogP contribution >= 0.6 is 11.6 Å². The lowest BCUT2D eigenvalue weighted by molar-refractivity contribution is 0.102. The highest BCUT2D eigenvalue weighted by Crippen LogP contribution is 2.20. The highest BCUT2D eigenvalue weighted by Gasteiger charge is 2.19. The molecule has 0 radical (unpaired) electrons. The number of carbonyl (C=O) groups excluding carboxylic acids is 2. The predicted molar refractivity (Wildman–Crippen MR) is 132 cm³/mol. The topological polar surface area (TPSA) is 85.2 Å². The summed E-state index contributed by atoms with van der Waals surface area (Å²) < 4.78 is 7.34. The number of ether oxygens (including phenoxy) is 1. The van der Waals surface area contributed by atoms with E-state index in [2.05, 4.69) is 15.7 Å². The van der Waals surface area contributed by atoms with E-state index in [4.69, 9.17) is 16.3 Å². The molecule has 2 amide bonds. The Morgan fingerprint density at radius 2 is 1.71 bits per heavy atom. The van der Waals surface area contributed by atoms with Crippen LogP contribution in [0.25, 0.3) is 0 Å². The number of hydrogen-bond donors (Lipinski definition) is 2. The third-order valence-corrected chi connectivity index (χ3v) is 5.23. The number of benzene rings is 3. The molecule has 0 atom stereocenters. The Bertz CT molecular complexity index is 1290. The summed E-state index contributed by atoms with van der Waals surface area (Å²) in [5, 5.41) is 10.5. The SMILES string of the molecule is CCn1cc(NC(=O)c2ccc(COc3cccc(Cl)c3)cc2)c(C(=O)Nc2ccccc2)n1. The first-order valence-electron chi connectivity index (χ1n) is 10.7. The summed E-state index contributed by atoms with van der Waals surface area (Å²) >= 11 is 5.98. The fourth-order valence-electron chi connectivity index (χ4n) is 3.22. The number of para-hydroxylation sites is 1. The molecule has 0 fully saturated rings. The Hall–Kier alpha value is -4.10. The van der Waals surface area contributed by atoms with Crippen molar-refractivity contribution in [3.63, 3.8) is 0 Å². The van der Waals surface area contributed by atoms with Crippen molar-refractivity contribution in [2.75, 3.05) is 10.6 Å². The molecule has 4 aromatic rings. The molecule has 0 spiro atoms. The largest absolute Gasteiger partial charge is 0.489 e. The van der Waals surface area contributed by atoms with Crippen molar-refractivity contribution in [3.8, 4) is 5.75 Å².